The lowest BCUT2D eigenvalue weighted by Crippen LogP contribution is -2.06. The maximum absolute atomic E-state index is 5.95. The van der Waals surface area contributed by atoms with Crippen LogP contribution in [0.5, 0.6) is 17.2 Å². The first-order valence-electron chi connectivity index (χ1n) is 8.46. The number of para-hydroxylation sites is 1. The van der Waals surface area contributed by atoms with E-state index >= 15 is 0 Å². The second-order valence-electron chi connectivity index (χ2n) is 5.83. The summed E-state index contributed by atoms with van der Waals surface area (Å²) in [5, 5.41) is 12.7. The molecule has 1 heterocycles. The molecule has 27 heavy (non-hydrogen) atoms. The summed E-state index contributed by atoms with van der Waals surface area (Å²) in [4.78, 5) is 0. The molecular weight excluding hydrogens is 364 g/mol. The van der Waals surface area contributed by atoms with E-state index in [0.717, 1.165) is 22.6 Å². The zero-order valence-electron chi connectivity index (χ0n) is 15.8. The highest BCUT2D eigenvalue weighted by Gasteiger charge is 2.15. The summed E-state index contributed by atoms with van der Waals surface area (Å²) >= 11 is 1.52. The summed E-state index contributed by atoms with van der Waals surface area (Å²) in [6, 6.07) is 11.6. The van der Waals surface area contributed by atoms with Crippen LogP contribution in [0.3, 0.4) is 0 Å². The van der Waals surface area contributed by atoms with Crippen molar-refractivity contribution in [3.63, 3.8) is 0 Å². The summed E-state index contributed by atoms with van der Waals surface area (Å²) in [6.07, 6.45) is 0. The van der Waals surface area contributed by atoms with Crippen molar-refractivity contribution in [1.29, 1.82) is 0 Å². The Morgan fingerprint density at radius 3 is 2.52 bits per heavy atom. The van der Waals surface area contributed by atoms with Gasteiger partial charge in [-0.2, -0.15) is 4.68 Å². The Morgan fingerprint density at radius 2 is 1.81 bits per heavy atom. The largest absolute Gasteiger partial charge is 0.497 e. The molecule has 0 radical (unpaired) electrons. The van der Waals surface area contributed by atoms with Gasteiger partial charge in [-0.1, -0.05) is 30.0 Å². The van der Waals surface area contributed by atoms with Crippen LogP contribution >= 0.6 is 11.8 Å². The Morgan fingerprint density at radius 1 is 1.04 bits per heavy atom. The number of nitrogens with zero attached hydrogens (tertiary/aromatic N) is 4. The standard InChI is InChI=1S/C19H22N4O3S/c1-13-6-5-7-14(2)18(13)26-10-11-27-19-20-21-22-23(19)16-12-15(24-3)8-9-17(16)25-4/h5-9,12H,10-11H2,1-4H3. The Labute approximate surface area is 162 Å². The van der Waals surface area contributed by atoms with Crippen molar-refractivity contribution in [1.82, 2.24) is 20.2 Å². The molecule has 3 rings (SSSR count). The molecular formula is C19H22N4O3S. The second-order valence-corrected chi connectivity index (χ2v) is 6.89. The van der Waals surface area contributed by atoms with Gasteiger partial charge < -0.3 is 14.2 Å². The normalized spacial score (nSPS) is 10.7. The Kier molecular flexibility index (Phi) is 6.18. The average Bonchev–Trinajstić information content (AvgIpc) is 3.14. The van der Waals surface area contributed by atoms with E-state index in [2.05, 4.69) is 15.5 Å². The van der Waals surface area contributed by atoms with Crippen LogP contribution in [0.1, 0.15) is 11.1 Å². The first kappa shape index (κ1) is 19.0. The zero-order chi connectivity index (χ0) is 19.2. The second kappa shape index (κ2) is 8.77. The van der Waals surface area contributed by atoms with Gasteiger partial charge in [-0.15, -0.1) is 5.10 Å². The topological polar surface area (TPSA) is 71.3 Å². The minimum absolute atomic E-state index is 0.554. The fourth-order valence-corrected chi connectivity index (χ4v) is 3.39. The highest BCUT2D eigenvalue weighted by Crippen LogP contribution is 2.30. The van der Waals surface area contributed by atoms with Crippen LogP contribution in [0.4, 0.5) is 0 Å². The molecule has 0 atom stereocenters. The third-order valence-electron chi connectivity index (χ3n) is 4.02. The van der Waals surface area contributed by atoms with Gasteiger partial charge >= 0.3 is 0 Å². The number of benzene rings is 2. The van der Waals surface area contributed by atoms with Crippen LogP contribution in [0.15, 0.2) is 41.6 Å². The lowest BCUT2D eigenvalue weighted by molar-refractivity contribution is 0.339. The minimum Gasteiger partial charge on any atom is -0.497 e. The molecule has 0 N–H and O–H groups in total. The highest BCUT2D eigenvalue weighted by molar-refractivity contribution is 7.99. The number of rotatable bonds is 8. The van der Waals surface area contributed by atoms with E-state index < -0.39 is 0 Å². The van der Waals surface area contributed by atoms with Gasteiger partial charge in [0.1, 0.15) is 22.9 Å². The first-order valence-corrected chi connectivity index (χ1v) is 9.45. The number of tetrazole rings is 1. The zero-order valence-corrected chi connectivity index (χ0v) is 16.6. The van der Waals surface area contributed by atoms with Gasteiger partial charge in [0.2, 0.25) is 5.16 Å². The number of ether oxygens (including phenoxy) is 3. The Bertz CT molecular complexity index is 893. The molecule has 7 nitrogen and oxygen atoms in total. The number of aromatic nitrogens is 4. The monoisotopic (exact) mass is 386 g/mol. The van der Waals surface area contributed by atoms with Crippen LogP contribution < -0.4 is 14.2 Å². The van der Waals surface area contributed by atoms with Gasteiger partial charge in [0.25, 0.3) is 0 Å². The fourth-order valence-electron chi connectivity index (χ4n) is 2.69. The molecule has 0 unspecified atom stereocenters. The molecule has 0 amide bonds. The maximum atomic E-state index is 5.95. The van der Waals surface area contributed by atoms with Crippen LogP contribution in [-0.4, -0.2) is 46.8 Å². The molecule has 1 aromatic heterocycles. The highest BCUT2D eigenvalue weighted by atomic mass is 32.2. The van der Waals surface area contributed by atoms with Crippen molar-refractivity contribution < 1.29 is 14.2 Å². The van der Waals surface area contributed by atoms with E-state index in [-0.39, 0.29) is 0 Å². The summed E-state index contributed by atoms with van der Waals surface area (Å²) < 4.78 is 18.3. The summed E-state index contributed by atoms with van der Waals surface area (Å²) in [7, 11) is 3.23. The molecule has 0 saturated heterocycles. The van der Waals surface area contributed by atoms with Crippen molar-refractivity contribution in [2.45, 2.75) is 19.0 Å². The van der Waals surface area contributed by atoms with Crippen LogP contribution in [0.2, 0.25) is 0 Å². The maximum Gasteiger partial charge on any atom is 0.214 e. The SMILES string of the molecule is COc1ccc(OC)c(-n2nnnc2SCCOc2c(C)cccc2C)c1. The third kappa shape index (κ3) is 4.33. The molecule has 0 spiro atoms. The van der Waals surface area contributed by atoms with Gasteiger partial charge in [-0.3, -0.25) is 0 Å². The first-order chi connectivity index (χ1) is 13.1. The lowest BCUT2D eigenvalue weighted by atomic mass is 10.1. The average molecular weight is 386 g/mol. The molecule has 0 aliphatic rings. The molecule has 0 saturated carbocycles. The smallest absolute Gasteiger partial charge is 0.214 e. The minimum atomic E-state index is 0.554. The van der Waals surface area contributed by atoms with Gasteiger partial charge in [0, 0.05) is 11.8 Å². The van der Waals surface area contributed by atoms with Crippen LogP contribution in [0, 0.1) is 13.8 Å². The summed E-state index contributed by atoms with van der Waals surface area (Å²) in [5.74, 6) is 3.01. The molecule has 3 aromatic rings. The van der Waals surface area contributed by atoms with Gasteiger partial charge in [0.15, 0.2) is 0 Å². The van der Waals surface area contributed by atoms with E-state index in [9.17, 15) is 0 Å². The Hall–Kier alpha value is -2.74. The summed E-state index contributed by atoms with van der Waals surface area (Å²) in [5.41, 5.74) is 2.98. The molecule has 8 heteroatoms. The molecule has 0 aliphatic heterocycles. The van der Waals surface area contributed by atoms with Crippen molar-refractivity contribution in [2.75, 3.05) is 26.6 Å². The molecule has 142 valence electrons. The summed E-state index contributed by atoms with van der Waals surface area (Å²) in [6.45, 7) is 4.65. The lowest BCUT2D eigenvalue weighted by Gasteiger charge is -2.12. The molecule has 0 fully saturated rings. The van der Waals surface area contributed by atoms with Gasteiger partial charge in [0.05, 0.1) is 20.8 Å². The quantitative estimate of drug-likeness (QED) is 0.434. The molecule has 0 bridgehead atoms. The fraction of sp³-hybridized carbons (Fsp3) is 0.316. The molecule has 2 aromatic carbocycles. The predicted molar refractivity (Wildman–Crippen MR) is 104 cm³/mol. The van der Waals surface area contributed by atoms with E-state index in [4.69, 9.17) is 14.2 Å². The van der Waals surface area contributed by atoms with E-state index in [1.165, 1.54) is 11.8 Å². The number of hydrogen-bond acceptors (Lipinski definition) is 7. The number of thioether (sulfide) groups is 1. The van der Waals surface area contributed by atoms with Crippen LogP contribution in [0.25, 0.3) is 5.69 Å². The van der Waals surface area contributed by atoms with Gasteiger partial charge in [-0.25, -0.2) is 0 Å². The van der Waals surface area contributed by atoms with Crippen molar-refractivity contribution in [2.24, 2.45) is 0 Å². The van der Waals surface area contributed by atoms with E-state index in [1.54, 1.807) is 18.9 Å². The van der Waals surface area contributed by atoms with E-state index in [0.29, 0.717) is 29.0 Å². The van der Waals surface area contributed by atoms with Gasteiger partial charge in [-0.05, 0) is 47.5 Å². The third-order valence-corrected chi connectivity index (χ3v) is 4.91. The van der Waals surface area contributed by atoms with E-state index in [1.807, 2.05) is 50.2 Å². The Balaban J connectivity index is 1.69. The van der Waals surface area contributed by atoms with Crippen molar-refractivity contribution >= 4 is 11.8 Å². The van der Waals surface area contributed by atoms with Crippen molar-refractivity contribution in [3.8, 4) is 22.9 Å². The van der Waals surface area contributed by atoms with Crippen molar-refractivity contribution in [3.05, 3.63) is 47.5 Å². The predicted octanol–water partition coefficient (Wildman–Crippen LogP) is 3.47. The number of hydrogen-bond donors (Lipinski definition) is 0. The van der Waals surface area contributed by atoms with Crippen LogP contribution in [-0.2, 0) is 0 Å². The molecule has 0 aliphatic carbocycles. The number of aryl methyl sites for hydroxylation is 2. The number of methoxy groups -OCH3 is 2.